The van der Waals surface area contributed by atoms with E-state index in [-0.39, 0.29) is 17.1 Å². The van der Waals surface area contributed by atoms with Crippen LogP contribution in [0.1, 0.15) is 54.7 Å². The molecule has 0 unspecified atom stereocenters. The molecule has 0 heterocycles. The number of carbonyl (C=O) groups is 1. The standard InChI is InChI=1S/C28H32ClFN2O/c1-5-31-26-15-12-23(29)18-25(26)27(33)32(17-16-20-8-13-24(30)14-9-20)19-21-6-10-22(11-7-21)28(2,3)4/h6-15,18,31H,5,16-17,19H2,1-4H3. The number of benzene rings is 3. The summed E-state index contributed by atoms with van der Waals surface area (Å²) in [5, 5.41) is 3.78. The third kappa shape index (κ3) is 6.82. The summed E-state index contributed by atoms with van der Waals surface area (Å²) >= 11 is 6.24. The maximum Gasteiger partial charge on any atom is 0.256 e. The van der Waals surface area contributed by atoms with Crippen LogP contribution in [0.3, 0.4) is 0 Å². The molecule has 0 saturated heterocycles. The minimum absolute atomic E-state index is 0.0676. The Labute approximate surface area is 201 Å². The molecule has 0 atom stereocenters. The van der Waals surface area contributed by atoms with Crippen LogP contribution in [-0.4, -0.2) is 23.9 Å². The van der Waals surface area contributed by atoms with E-state index in [2.05, 4.69) is 50.4 Å². The normalized spacial score (nSPS) is 11.3. The van der Waals surface area contributed by atoms with Crippen LogP contribution in [0, 0.1) is 5.82 Å². The van der Waals surface area contributed by atoms with Gasteiger partial charge >= 0.3 is 0 Å². The van der Waals surface area contributed by atoms with Crippen LogP contribution in [0.15, 0.2) is 66.7 Å². The van der Waals surface area contributed by atoms with Crippen LogP contribution in [-0.2, 0) is 18.4 Å². The van der Waals surface area contributed by atoms with Crippen LogP contribution >= 0.6 is 11.6 Å². The topological polar surface area (TPSA) is 32.3 Å². The summed E-state index contributed by atoms with van der Waals surface area (Å²) in [6, 6.07) is 20.2. The van der Waals surface area contributed by atoms with Crippen molar-refractivity contribution in [3.05, 3.63) is 99.8 Å². The van der Waals surface area contributed by atoms with Gasteiger partial charge in [-0.15, -0.1) is 0 Å². The van der Waals surface area contributed by atoms with Gasteiger partial charge in [0.25, 0.3) is 5.91 Å². The second-order valence-corrected chi connectivity index (χ2v) is 9.71. The molecule has 3 aromatic carbocycles. The predicted octanol–water partition coefficient (Wildman–Crippen LogP) is 7.09. The molecule has 0 spiro atoms. The van der Waals surface area contributed by atoms with Crippen molar-refractivity contribution in [2.75, 3.05) is 18.4 Å². The summed E-state index contributed by atoms with van der Waals surface area (Å²) in [5.41, 5.74) is 4.67. The van der Waals surface area contributed by atoms with Crippen LogP contribution in [0.5, 0.6) is 0 Å². The van der Waals surface area contributed by atoms with Gasteiger partial charge in [-0.3, -0.25) is 4.79 Å². The highest BCUT2D eigenvalue weighted by Gasteiger charge is 2.21. The molecule has 3 aromatic rings. The summed E-state index contributed by atoms with van der Waals surface area (Å²) in [7, 11) is 0. The molecule has 3 nitrogen and oxygen atoms in total. The van der Waals surface area contributed by atoms with Gasteiger partial charge in [0, 0.05) is 30.3 Å². The Balaban J connectivity index is 1.88. The van der Waals surface area contributed by atoms with Crippen molar-refractivity contribution in [1.82, 2.24) is 4.90 Å². The number of carbonyl (C=O) groups excluding carboxylic acids is 1. The third-order valence-corrected chi connectivity index (χ3v) is 5.88. The number of nitrogens with zero attached hydrogens (tertiary/aromatic N) is 1. The SMILES string of the molecule is CCNc1ccc(Cl)cc1C(=O)N(CCc1ccc(F)cc1)Cc1ccc(C(C)(C)C)cc1. The first-order valence-corrected chi connectivity index (χ1v) is 11.7. The van der Waals surface area contributed by atoms with Crippen molar-refractivity contribution in [3.63, 3.8) is 0 Å². The van der Waals surface area contributed by atoms with Gasteiger partial charge in [-0.05, 0) is 65.8 Å². The average molecular weight is 467 g/mol. The molecule has 3 rings (SSSR count). The number of nitrogens with one attached hydrogen (secondary N) is 1. The van der Waals surface area contributed by atoms with E-state index in [0.717, 1.165) is 16.8 Å². The van der Waals surface area contributed by atoms with Crippen molar-refractivity contribution in [2.45, 2.75) is 46.1 Å². The molecule has 0 aliphatic carbocycles. The lowest BCUT2D eigenvalue weighted by atomic mass is 9.87. The van der Waals surface area contributed by atoms with Gasteiger partial charge in [-0.1, -0.05) is 68.8 Å². The quantitative estimate of drug-likeness (QED) is 0.384. The molecule has 0 bridgehead atoms. The summed E-state index contributed by atoms with van der Waals surface area (Å²) in [6.45, 7) is 10.2. The van der Waals surface area contributed by atoms with Crippen molar-refractivity contribution in [2.24, 2.45) is 0 Å². The highest BCUT2D eigenvalue weighted by Crippen LogP contribution is 2.25. The third-order valence-electron chi connectivity index (χ3n) is 5.64. The summed E-state index contributed by atoms with van der Waals surface area (Å²) in [6.07, 6.45) is 0.628. The summed E-state index contributed by atoms with van der Waals surface area (Å²) in [4.78, 5) is 15.5. The maximum atomic E-state index is 13.7. The molecule has 0 radical (unpaired) electrons. The Bertz CT molecular complexity index is 1070. The molecule has 5 heteroatoms. The lowest BCUT2D eigenvalue weighted by molar-refractivity contribution is 0.0746. The van der Waals surface area contributed by atoms with Crippen LogP contribution in [0.25, 0.3) is 0 Å². The van der Waals surface area contributed by atoms with Crippen molar-refractivity contribution in [1.29, 1.82) is 0 Å². The summed E-state index contributed by atoms with van der Waals surface area (Å²) in [5.74, 6) is -0.352. The van der Waals surface area contributed by atoms with E-state index in [4.69, 9.17) is 11.6 Å². The molecule has 0 aliphatic heterocycles. The maximum absolute atomic E-state index is 13.7. The van der Waals surface area contributed by atoms with Crippen molar-refractivity contribution >= 4 is 23.2 Å². The molecular formula is C28H32ClFN2O. The Morgan fingerprint density at radius 3 is 2.21 bits per heavy atom. The Morgan fingerprint density at radius 1 is 0.970 bits per heavy atom. The van der Waals surface area contributed by atoms with E-state index in [0.29, 0.717) is 36.6 Å². The van der Waals surface area contributed by atoms with Gasteiger partial charge in [0.1, 0.15) is 5.82 Å². The molecule has 0 saturated carbocycles. The second kappa shape index (κ2) is 10.8. The average Bonchev–Trinajstić information content (AvgIpc) is 2.78. The fourth-order valence-electron chi connectivity index (χ4n) is 3.71. The van der Waals surface area contributed by atoms with Crippen LogP contribution < -0.4 is 5.32 Å². The van der Waals surface area contributed by atoms with Gasteiger partial charge < -0.3 is 10.2 Å². The van der Waals surface area contributed by atoms with Crippen molar-refractivity contribution < 1.29 is 9.18 Å². The number of amides is 1. The van der Waals surface area contributed by atoms with E-state index >= 15 is 0 Å². The first-order chi connectivity index (χ1) is 15.7. The molecule has 1 N–H and O–H groups in total. The van der Waals surface area contributed by atoms with E-state index < -0.39 is 0 Å². The van der Waals surface area contributed by atoms with E-state index in [9.17, 15) is 9.18 Å². The predicted molar refractivity (Wildman–Crippen MR) is 136 cm³/mol. The zero-order valence-electron chi connectivity index (χ0n) is 19.8. The molecule has 0 aromatic heterocycles. The lowest BCUT2D eigenvalue weighted by Gasteiger charge is -2.25. The Hall–Kier alpha value is -2.85. The highest BCUT2D eigenvalue weighted by molar-refractivity contribution is 6.31. The fraction of sp³-hybridized carbons (Fsp3) is 0.321. The minimum Gasteiger partial charge on any atom is -0.385 e. The van der Waals surface area contributed by atoms with Gasteiger partial charge in [-0.25, -0.2) is 4.39 Å². The number of rotatable bonds is 8. The van der Waals surface area contributed by atoms with E-state index in [1.54, 1.807) is 24.3 Å². The first-order valence-electron chi connectivity index (χ1n) is 11.3. The second-order valence-electron chi connectivity index (χ2n) is 9.27. The van der Waals surface area contributed by atoms with E-state index in [1.165, 1.54) is 17.7 Å². The fourth-order valence-corrected chi connectivity index (χ4v) is 3.88. The Kier molecular flexibility index (Phi) is 8.15. The van der Waals surface area contributed by atoms with Crippen LogP contribution in [0.2, 0.25) is 5.02 Å². The smallest absolute Gasteiger partial charge is 0.256 e. The number of halogens is 2. The first kappa shape index (κ1) is 24.8. The molecule has 33 heavy (non-hydrogen) atoms. The number of anilines is 1. The molecule has 0 aliphatic rings. The van der Waals surface area contributed by atoms with Gasteiger partial charge in [0.2, 0.25) is 0 Å². The molecular weight excluding hydrogens is 435 g/mol. The van der Waals surface area contributed by atoms with Crippen LogP contribution in [0.4, 0.5) is 10.1 Å². The van der Waals surface area contributed by atoms with Gasteiger partial charge in [0.05, 0.1) is 5.56 Å². The zero-order chi connectivity index (χ0) is 24.0. The summed E-state index contributed by atoms with van der Waals surface area (Å²) < 4.78 is 13.3. The highest BCUT2D eigenvalue weighted by atomic mass is 35.5. The van der Waals surface area contributed by atoms with Crippen molar-refractivity contribution in [3.8, 4) is 0 Å². The molecule has 1 amide bonds. The molecule has 0 fully saturated rings. The lowest BCUT2D eigenvalue weighted by Crippen LogP contribution is -2.33. The largest absolute Gasteiger partial charge is 0.385 e. The van der Waals surface area contributed by atoms with Gasteiger partial charge in [0.15, 0.2) is 0 Å². The van der Waals surface area contributed by atoms with E-state index in [1.807, 2.05) is 17.9 Å². The number of hydrogen-bond acceptors (Lipinski definition) is 2. The molecule has 174 valence electrons. The minimum atomic E-state index is -0.264. The van der Waals surface area contributed by atoms with Gasteiger partial charge in [-0.2, -0.15) is 0 Å². The monoisotopic (exact) mass is 466 g/mol. The Morgan fingerprint density at radius 2 is 1.61 bits per heavy atom. The number of hydrogen-bond donors (Lipinski definition) is 1. The zero-order valence-corrected chi connectivity index (χ0v) is 20.5.